The fraction of sp³-hybridized carbons (Fsp3) is 0. The van der Waals surface area contributed by atoms with Crippen LogP contribution in [0.3, 0.4) is 0 Å². The maximum atomic E-state index is 10.3. The number of hydrogen-bond donors (Lipinski definition) is 1. The van der Waals surface area contributed by atoms with E-state index in [-0.39, 0.29) is 5.75 Å². The summed E-state index contributed by atoms with van der Waals surface area (Å²) in [6, 6.07) is 4.35. The first-order valence-corrected chi connectivity index (χ1v) is 3.93. The first-order valence-electron chi connectivity index (χ1n) is 3.12. The molecule has 1 rings (SSSR count). The number of aldehydes is 1. The lowest BCUT2D eigenvalue weighted by molar-refractivity contribution is 0.112. The second-order valence-corrected chi connectivity index (χ2v) is 2.86. The van der Waals surface area contributed by atoms with Crippen molar-refractivity contribution < 1.29 is 9.90 Å². The zero-order valence-electron chi connectivity index (χ0n) is 6.02. The number of hydrogen-bond acceptors (Lipinski definition) is 4. The highest BCUT2D eigenvalue weighted by Gasteiger charge is 2.01. The molecule has 0 saturated carbocycles. The molecule has 0 fully saturated rings. The number of carbonyl (C=O) groups excluding carboxylic acids is 1. The molecule has 3 nitrogen and oxygen atoms in total. The highest BCUT2D eigenvalue weighted by molar-refractivity contribution is 8.03. The third-order valence-electron chi connectivity index (χ3n) is 1.28. The summed E-state index contributed by atoms with van der Waals surface area (Å²) in [7, 11) is 0. The fourth-order valence-electron chi connectivity index (χ4n) is 0.735. The van der Waals surface area contributed by atoms with Crippen LogP contribution < -0.4 is 0 Å². The molecule has 1 aromatic rings. The molecule has 0 spiro atoms. The van der Waals surface area contributed by atoms with E-state index < -0.39 is 0 Å². The van der Waals surface area contributed by atoms with Crippen LogP contribution in [0.5, 0.6) is 5.75 Å². The summed E-state index contributed by atoms with van der Waals surface area (Å²) in [5.74, 6) is 0.0205. The van der Waals surface area contributed by atoms with E-state index in [1.807, 2.05) is 5.40 Å². The van der Waals surface area contributed by atoms with Crippen LogP contribution in [-0.2, 0) is 0 Å². The van der Waals surface area contributed by atoms with Crippen LogP contribution in [0.25, 0.3) is 0 Å². The monoisotopic (exact) mass is 179 g/mol. The third kappa shape index (κ3) is 1.77. The van der Waals surface area contributed by atoms with Crippen LogP contribution in [0, 0.1) is 10.7 Å². The van der Waals surface area contributed by atoms with Gasteiger partial charge in [-0.05, 0) is 30.0 Å². The van der Waals surface area contributed by atoms with Crippen LogP contribution in [-0.4, -0.2) is 11.4 Å². The van der Waals surface area contributed by atoms with Crippen LogP contribution in [0.15, 0.2) is 23.1 Å². The maximum absolute atomic E-state index is 10.3. The average Bonchev–Trinajstić information content (AvgIpc) is 2.09. The third-order valence-corrected chi connectivity index (χ3v) is 1.91. The van der Waals surface area contributed by atoms with Crippen molar-refractivity contribution in [2.45, 2.75) is 4.90 Å². The van der Waals surface area contributed by atoms with E-state index in [0.29, 0.717) is 16.7 Å². The van der Waals surface area contributed by atoms with E-state index >= 15 is 0 Å². The van der Waals surface area contributed by atoms with Gasteiger partial charge in [0.15, 0.2) is 0 Å². The molecule has 0 heterocycles. The second kappa shape index (κ2) is 3.79. The van der Waals surface area contributed by atoms with Crippen molar-refractivity contribution in [1.82, 2.24) is 0 Å². The maximum Gasteiger partial charge on any atom is 0.150 e. The highest BCUT2D eigenvalue weighted by atomic mass is 32.2. The van der Waals surface area contributed by atoms with Gasteiger partial charge >= 0.3 is 0 Å². The minimum atomic E-state index is 0.0205. The van der Waals surface area contributed by atoms with Gasteiger partial charge in [0, 0.05) is 5.56 Å². The van der Waals surface area contributed by atoms with E-state index in [0.717, 1.165) is 11.8 Å². The van der Waals surface area contributed by atoms with Crippen molar-refractivity contribution in [3.8, 4) is 11.2 Å². The average molecular weight is 179 g/mol. The van der Waals surface area contributed by atoms with Crippen LogP contribution in [0.2, 0.25) is 0 Å². The van der Waals surface area contributed by atoms with Crippen molar-refractivity contribution >= 4 is 18.0 Å². The molecular weight excluding hydrogens is 174 g/mol. The topological polar surface area (TPSA) is 61.1 Å². The number of nitrogens with zero attached hydrogens (tertiary/aromatic N) is 1. The van der Waals surface area contributed by atoms with E-state index in [1.165, 1.54) is 18.2 Å². The minimum absolute atomic E-state index is 0.0205. The van der Waals surface area contributed by atoms with Crippen LogP contribution >= 0.6 is 11.8 Å². The molecule has 0 aromatic heterocycles. The van der Waals surface area contributed by atoms with Crippen LogP contribution in [0.4, 0.5) is 0 Å². The normalized spacial score (nSPS) is 8.92. The Balaban J connectivity index is 3.09. The van der Waals surface area contributed by atoms with Gasteiger partial charge in [-0.3, -0.25) is 4.79 Å². The molecule has 0 aliphatic rings. The predicted octanol–water partition coefficient (Wildman–Crippen LogP) is 1.78. The van der Waals surface area contributed by atoms with Gasteiger partial charge in [-0.1, -0.05) is 0 Å². The summed E-state index contributed by atoms with van der Waals surface area (Å²) >= 11 is 0.828. The van der Waals surface area contributed by atoms with E-state index in [1.54, 1.807) is 0 Å². The zero-order chi connectivity index (χ0) is 8.97. The van der Waals surface area contributed by atoms with Crippen molar-refractivity contribution in [2.75, 3.05) is 0 Å². The van der Waals surface area contributed by atoms with Gasteiger partial charge in [0.05, 0.1) is 4.90 Å². The summed E-state index contributed by atoms with van der Waals surface area (Å²) < 4.78 is 0. The number of rotatable bonds is 2. The lowest BCUT2D eigenvalue weighted by Crippen LogP contribution is -1.80. The van der Waals surface area contributed by atoms with Gasteiger partial charge in [0.25, 0.3) is 0 Å². The van der Waals surface area contributed by atoms with Crippen LogP contribution in [0.1, 0.15) is 10.4 Å². The molecule has 0 atom stereocenters. The number of carbonyl (C=O) groups is 1. The van der Waals surface area contributed by atoms with E-state index in [9.17, 15) is 9.90 Å². The largest absolute Gasteiger partial charge is 0.507 e. The fourth-order valence-corrected chi connectivity index (χ4v) is 1.20. The molecule has 4 heteroatoms. The van der Waals surface area contributed by atoms with Gasteiger partial charge in [-0.25, -0.2) is 0 Å². The Kier molecular flexibility index (Phi) is 2.72. The van der Waals surface area contributed by atoms with Gasteiger partial charge < -0.3 is 5.11 Å². The van der Waals surface area contributed by atoms with E-state index in [4.69, 9.17) is 5.26 Å². The predicted molar refractivity (Wildman–Crippen MR) is 45.0 cm³/mol. The van der Waals surface area contributed by atoms with Gasteiger partial charge in [-0.2, -0.15) is 5.26 Å². The van der Waals surface area contributed by atoms with Crippen molar-refractivity contribution in [3.63, 3.8) is 0 Å². The lowest BCUT2D eigenvalue weighted by atomic mass is 10.2. The van der Waals surface area contributed by atoms with Gasteiger partial charge in [-0.15, -0.1) is 0 Å². The summed E-state index contributed by atoms with van der Waals surface area (Å²) in [4.78, 5) is 10.7. The molecule has 0 radical (unpaired) electrons. The Morgan fingerprint density at radius 2 is 2.33 bits per heavy atom. The number of phenols is 1. The van der Waals surface area contributed by atoms with Gasteiger partial charge in [0.2, 0.25) is 0 Å². The summed E-state index contributed by atoms with van der Waals surface area (Å²) in [6.45, 7) is 0. The quantitative estimate of drug-likeness (QED) is 0.427. The minimum Gasteiger partial charge on any atom is -0.507 e. The molecule has 1 N–H and O–H groups in total. The zero-order valence-corrected chi connectivity index (χ0v) is 6.84. The number of benzene rings is 1. The Labute approximate surface area is 73.6 Å². The number of nitriles is 1. The Morgan fingerprint density at radius 1 is 1.58 bits per heavy atom. The molecule has 0 aliphatic carbocycles. The van der Waals surface area contributed by atoms with Gasteiger partial charge in [0.1, 0.15) is 17.4 Å². The second-order valence-electron chi connectivity index (χ2n) is 2.04. The van der Waals surface area contributed by atoms with Crippen molar-refractivity contribution in [3.05, 3.63) is 23.8 Å². The molecule has 0 amide bonds. The summed E-state index contributed by atoms with van der Waals surface area (Å²) in [5.41, 5.74) is 0.450. The molecule has 12 heavy (non-hydrogen) atoms. The number of thioether (sulfide) groups is 1. The molecule has 0 saturated heterocycles. The SMILES string of the molecule is N#CSc1cc(C=O)ccc1O. The number of thiocyanates is 1. The summed E-state index contributed by atoms with van der Waals surface area (Å²) in [5, 5.41) is 19.3. The van der Waals surface area contributed by atoms with Crippen molar-refractivity contribution in [1.29, 1.82) is 5.26 Å². The van der Waals surface area contributed by atoms with E-state index in [2.05, 4.69) is 0 Å². The summed E-state index contributed by atoms with van der Waals surface area (Å²) in [6.07, 6.45) is 0.668. The standard InChI is InChI=1S/C8H5NO2S/c9-5-12-8-3-6(4-10)1-2-7(8)11/h1-4,11H. The lowest BCUT2D eigenvalue weighted by Gasteiger charge is -1.98. The molecule has 1 aromatic carbocycles. The first kappa shape index (κ1) is 8.62. The highest BCUT2D eigenvalue weighted by Crippen LogP contribution is 2.27. The smallest absolute Gasteiger partial charge is 0.150 e. The molecule has 60 valence electrons. The Hall–Kier alpha value is -1.47. The number of aromatic hydroxyl groups is 1. The number of phenolic OH excluding ortho intramolecular Hbond substituents is 1. The molecule has 0 aliphatic heterocycles. The first-order chi connectivity index (χ1) is 5.77. The van der Waals surface area contributed by atoms with Crippen molar-refractivity contribution in [2.24, 2.45) is 0 Å². The Bertz CT molecular complexity index is 343. The molecular formula is C8H5NO2S. The molecule has 0 bridgehead atoms. The Morgan fingerprint density at radius 3 is 2.92 bits per heavy atom. The molecule has 0 unspecified atom stereocenters.